The van der Waals surface area contributed by atoms with Crippen LogP contribution in [0.15, 0.2) is 23.8 Å². The minimum absolute atomic E-state index is 0.0872. The van der Waals surface area contributed by atoms with Crippen LogP contribution in [0.4, 0.5) is 0 Å². The molecule has 3 unspecified atom stereocenters. The van der Waals surface area contributed by atoms with Gasteiger partial charge >= 0.3 is 0 Å². The molecule has 0 radical (unpaired) electrons. The fourth-order valence-corrected chi connectivity index (χ4v) is 5.59. The zero-order chi connectivity index (χ0) is 15.3. The van der Waals surface area contributed by atoms with Gasteiger partial charge in [-0.05, 0) is 65.8 Å². The molecule has 0 saturated heterocycles. The van der Waals surface area contributed by atoms with Crippen molar-refractivity contribution in [2.75, 3.05) is 6.61 Å². The molecule has 0 amide bonds. The van der Waals surface area contributed by atoms with Gasteiger partial charge in [0.1, 0.15) is 0 Å². The lowest BCUT2D eigenvalue weighted by Gasteiger charge is -2.57. The SMILES string of the molecule is CC(C)C1C=C2C=CC3[C@](C)(CO)CCC[C@]3(C)C2CC1. The van der Waals surface area contributed by atoms with Crippen LogP contribution in [0.5, 0.6) is 0 Å². The molecule has 1 fully saturated rings. The van der Waals surface area contributed by atoms with Crippen molar-refractivity contribution in [1.29, 1.82) is 0 Å². The van der Waals surface area contributed by atoms with Crippen molar-refractivity contribution < 1.29 is 5.11 Å². The van der Waals surface area contributed by atoms with E-state index in [1.165, 1.54) is 32.1 Å². The van der Waals surface area contributed by atoms with Crippen LogP contribution in [0.2, 0.25) is 0 Å². The van der Waals surface area contributed by atoms with E-state index >= 15 is 0 Å². The van der Waals surface area contributed by atoms with Gasteiger partial charge in [0, 0.05) is 6.61 Å². The van der Waals surface area contributed by atoms with E-state index in [9.17, 15) is 5.11 Å². The van der Waals surface area contributed by atoms with Gasteiger partial charge in [-0.2, -0.15) is 0 Å². The van der Waals surface area contributed by atoms with Gasteiger partial charge in [0.05, 0.1) is 0 Å². The van der Waals surface area contributed by atoms with E-state index in [1.807, 2.05) is 0 Å². The first-order chi connectivity index (χ1) is 9.90. The third kappa shape index (κ3) is 2.32. The first-order valence-corrected chi connectivity index (χ1v) is 8.91. The second-order valence-electron chi connectivity index (χ2n) is 8.71. The van der Waals surface area contributed by atoms with Crippen molar-refractivity contribution >= 4 is 0 Å². The number of hydrogen-bond donors (Lipinski definition) is 1. The van der Waals surface area contributed by atoms with Gasteiger partial charge in [0.2, 0.25) is 0 Å². The number of aliphatic hydroxyl groups excluding tert-OH is 1. The quantitative estimate of drug-likeness (QED) is 0.760. The summed E-state index contributed by atoms with van der Waals surface area (Å²) in [5.74, 6) is 2.77. The van der Waals surface area contributed by atoms with Crippen molar-refractivity contribution in [2.24, 2.45) is 34.5 Å². The second-order valence-corrected chi connectivity index (χ2v) is 8.71. The van der Waals surface area contributed by atoms with Crippen LogP contribution in [0.1, 0.15) is 59.8 Å². The average Bonchev–Trinajstić information content (AvgIpc) is 2.46. The summed E-state index contributed by atoms with van der Waals surface area (Å²) in [4.78, 5) is 0. The van der Waals surface area contributed by atoms with E-state index in [2.05, 4.69) is 45.9 Å². The van der Waals surface area contributed by atoms with Crippen LogP contribution in [-0.2, 0) is 0 Å². The molecule has 0 bridgehead atoms. The number of hydrogen-bond acceptors (Lipinski definition) is 1. The summed E-state index contributed by atoms with van der Waals surface area (Å²) < 4.78 is 0. The predicted molar refractivity (Wildman–Crippen MR) is 88.9 cm³/mol. The van der Waals surface area contributed by atoms with Crippen molar-refractivity contribution in [3.63, 3.8) is 0 Å². The number of rotatable bonds is 2. The Morgan fingerprint density at radius 1 is 1.24 bits per heavy atom. The van der Waals surface area contributed by atoms with E-state index in [1.54, 1.807) is 5.57 Å². The summed E-state index contributed by atoms with van der Waals surface area (Å²) in [5, 5.41) is 9.97. The lowest BCUT2D eigenvalue weighted by atomic mass is 9.47. The molecule has 21 heavy (non-hydrogen) atoms. The van der Waals surface area contributed by atoms with Crippen LogP contribution in [0.25, 0.3) is 0 Å². The molecule has 5 atom stereocenters. The molecule has 0 aromatic heterocycles. The molecule has 0 spiro atoms. The molecule has 1 nitrogen and oxygen atoms in total. The predicted octanol–water partition coefficient (Wildman–Crippen LogP) is 4.97. The average molecular weight is 288 g/mol. The van der Waals surface area contributed by atoms with Crippen LogP contribution < -0.4 is 0 Å². The maximum absolute atomic E-state index is 9.97. The summed E-state index contributed by atoms with van der Waals surface area (Å²) in [6.45, 7) is 9.83. The molecule has 3 aliphatic carbocycles. The fraction of sp³-hybridized carbons (Fsp3) is 0.800. The molecule has 118 valence electrons. The Labute approximate surface area is 130 Å². The van der Waals surface area contributed by atoms with E-state index in [0.29, 0.717) is 23.9 Å². The second kappa shape index (κ2) is 5.26. The lowest BCUT2D eigenvalue weighted by Crippen LogP contribution is -2.50. The molecule has 0 heterocycles. The zero-order valence-corrected chi connectivity index (χ0v) is 14.2. The van der Waals surface area contributed by atoms with Crippen molar-refractivity contribution in [2.45, 2.75) is 59.8 Å². The number of allylic oxidation sites excluding steroid dienone is 4. The van der Waals surface area contributed by atoms with E-state index in [4.69, 9.17) is 0 Å². The van der Waals surface area contributed by atoms with E-state index in [-0.39, 0.29) is 5.41 Å². The third-order valence-electron chi connectivity index (χ3n) is 7.02. The van der Waals surface area contributed by atoms with Crippen LogP contribution in [-0.4, -0.2) is 11.7 Å². The largest absolute Gasteiger partial charge is 0.396 e. The van der Waals surface area contributed by atoms with Crippen molar-refractivity contribution in [1.82, 2.24) is 0 Å². The highest BCUT2D eigenvalue weighted by Gasteiger charge is 2.53. The fourth-order valence-electron chi connectivity index (χ4n) is 5.59. The van der Waals surface area contributed by atoms with Crippen molar-refractivity contribution in [3.05, 3.63) is 23.8 Å². The van der Waals surface area contributed by atoms with Gasteiger partial charge < -0.3 is 5.11 Å². The lowest BCUT2D eigenvalue weighted by molar-refractivity contribution is -0.0496. The summed E-state index contributed by atoms with van der Waals surface area (Å²) >= 11 is 0. The minimum atomic E-state index is 0.0872. The molecule has 0 aromatic rings. The molecule has 0 aliphatic heterocycles. The van der Waals surface area contributed by atoms with Crippen LogP contribution in [0.3, 0.4) is 0 Å². The van der Waals surface area contributed by atoms with Gasteiger partial charge in [-0.3, -0.25) is 0 Å². The Bertz CT molecular complexity index is 460. The van der Waals surface area contributed by atoms with Gasteiger partial charge in [-0.1, -0.05) is 52.3 Å². The Morgan fingerprint density at radius 2 is 2.00 bits per heavy atom. The molecule has 0 aromatic carbocycles. The monoisotopic (exact) mass is 288 g/mol. The van der Waals surface area contributed by atoms with Crippen molar-refractivity contribution in [3.8, 4) is 0 Å². The topological polar surface area (TPSA) is 20.2 Å². The summed E-state index contributed by atoms with van der Waals surface area (Å²) in [7, 11) is 0. The molecule has 1 heteroatoms. The van der Waals surface area contributed by atoms with Crippen LogP contribution in [0, 0.1) is 34.5 Å². The highest BCUT2D eigenvalue weighted by Crippen LogP contribution is 2.61. The summed E-state index contributed by atoms with van der Waals surface area (Å²) in [6, 6.07) is 0. The molecular formula is C20H32O. The number of aliphatic hydroxyl groups is 1. The van der Waals surface area contributed by atoms with Gasteiger partial charge in [0.25, 0.3) is 0 Å². The Balaban J connectivity index is 1.98. The summed E-state index contributed by atoms with van der Waals surface area (Å²) in [5.41, 5.74) is 2.04. The minimum Gasteiger partial charge on any atom is -0.396 e. The maximum atomic E-state index is 9.97. The summed E-state index contributed by atoms with van der Waals surface area (Å²) in [6.07, 6.45) is 13.9. The maximum Gasteiger partial charge on any atom is 0.0490 e. The first kappa shape index (κ1) is 15.3. The van der Waals surface area contributed by atoms with E-state index in [0.717, 1.165) is 11.8 Å². The Kier molecular flexibility index (Phi) is 3.84. The molecule has 3 rings (SSSR count). The zero-order valence-electron chi connectivity index (χ0n) is 14.2. The first-order valence-electron chi connectivity index (χ1n) is 8.91. The molecule has 1 N–H and O–H groups in total. The third-order valence-corrected chi connectivity index (χ3v) is 7.02. The highest BCUT2D eigenvalue weighted by molar-refractivity contribution is 5.34. The number of fused-ring (bicyclic) bond motifs is 3. The van der Waals surface area contributed by atoms with Gasteiger partial charge in [0.15, 0.2) is 0 Å². The highest BCUT2D eigenvalue weighted by atomic mass is 16.3. The molecule has 3 aliphatic rings. The standard InChI is InChI=1S/C20H32O/c1-14(2)15-6-8-17-16(12-15)7-9-18-19(3,13-21)10-5-11-20(17,18)4/h7,9,12,14-15,17-18,21H,5-6,8,10-11,13H2,1-4H3/t15?,17?,18?,19-,20+/m0/s1. The molecule has 1 saturated carbocycles. The Morgan fingerprint density at radius 3 is 2.67 bits per heavy atom. The molecular weight excluding hydrogens is 256 g/mol. The van der Waals surface area contributed by atoms with Gasteiger partial charge in [-0.25, -0.2) is 0 Å². The van der Waals surface area contributed by atoms with Crippen LogP contribution >= 0.6 is 0 Å². The van der Waals surface area contributed by atoms with E-state index < -0.39 is 0 Å². The smallest absolute Gasteiger partial charge is 0.0490 e. The Hall–Kier alpha value is -0.560. The normalized spacial score (nSPS) is 46.0. The van der Waals surface area contributed by atoms with Gasteiger partial charge in [-0.15, -0.1) is 0 Å².